The largest absolute Gasteiger partial charge is 0.744 e. The average Bonchev–Trinajstić information content (AvgIpc) is 3.38. The van der Waals surface area contributed by atoms with Gasteiger partial charge in [0, 0.05) is 16.9 Å². The topological polar surface area (TPSA) is 160 Å². The molecule has 0 unspecified atom stereocenters. The normalized spacial score (nSPS) is 11.6. The Morgan fingerprint density at radius 2 is 1.51 bits per heavy atom. The lowest BCUT2D eigenvalue weighted by Gasteiger charge is -2.10. The van der Waals surface area contributed by atoms with E-state index < -0.39 is 19.9 Å². The van der Waals surface area contributed by atoms with Crippen LogP contribution in [0.15, 0.2) is 112 Å². The molecule has 12 nitrogen and oxygen atoms in total. The first-order valence-corrected chi connectivity index (χ1v) is 12.9. The van der Waals surface area contributed by atoms with Gasteiger partial charge in [-0.2, -0.15) is 10.2 Å². The summed E-state index contributed by atoms with van der Waals surface area (Å²) in [7, 11) is -5.01. The van der Waals surface area contributed by atoms with Crippen LogP contribution in [-0.4, -0.2) is 32.9 Å². The number of rotatable bonds is 7. The van der Waals surface area contributed by atoms with Crippen molar-refractivity contribution in [2.24, 2.45) is 10.2 Å². The molecule has 5 rings (SSSR count). The molecule has 1 heterocycles. The molecule has 5 aromatic rings. The van der Waals surface area contributed by atoms with Crippen LogP contribution in [0, 0.1) is 17.0 Å². The summed E-state index contributed by atoms with van der Waals surface area (Å²) in [6.45, 7) is 1.93. The fourth-order valence-corrected chi connectivity index (χ4v) is 4.35. The van der Waals surface area contributed by atoms with Crippen LogP contribution in [0.25, 0.3) is 22.8 Å². The summed E-state index contributed by atoms with van der Waals surface area (Å²) >= 11 is 0. The third kappa shape index (κ3) is 5.58. The Bertz CT molecular complexity index is 1800. The van der Waals surface area contributed by atoms with Gasteiger partial charge in [0.2, 0.25) is 0 Å². The zero-order chi connectivity index (χ0) is 27.6. The minimum atomic E-state index is -5.01. The van der Waals surface area contributed by atoms with Gasteiger partial charge >= 0.3 is 5.82 Å². The van der Waals surface area contributed by atoms with Crippen LogP contribution >= 0.6 is 0 Å². The van der Waals surface area contributed by atoms with Gasteiger partial charge < -0.3 is 4.55 Å². The number of nitrogens with zero attached hydrogens (tertiary/aromatic N) is 7. The van der Waals surface area contributed by atoms with Crippen molar-refractivity contribution in [3.8, 4) is 22.8 Å². The molecular weight excluding hydrogens is 522 g/mol. The molecule has 0 fully saturated rings. The number of azo groups is 1. The van der Waals surface area contributed by atoms with Crippen LogP contribution in [-0.2, 0) is 10.1 Å². The number of aryl methyl sites for hydroxylation is 1. The Balaban J connectivity index is 1.65. The average molecular weight is 542 g/mol. The molecule has 0 saturated carbocycles. The molecule has 13 heteroatoms. The molecule has 39 heavy (non-hydrogen) atoms. The van der Waals surface area contributed by atoms with Gasteiger partial charge in [0.25, 0.3) is 5.69 Å². The predicted molar refractivity (Wildman–Crippen MR) is 138 cm³/mol. The smallest absolute Gasteiger partial charge is 0.340 e. The van der Waals surface area contributed by atoms with Gasteiger partial charge in [0.05, 0.1) is 27.0 Å². The maximum absolute atomic E-state index is 12.4. The molecule has 0 amide bonds. The second kappa shape index (κ2) is 10.3. The summed E-state index contributed by atoms with van der Waals surface area (Å²) in [5, 5.41) is 28.3. The first-order valence-electron chi connectivity index (χ1n) is 11.5. The van der Waals surface area contributed by atoms with E-state index >= 15 is 0 Å². The highest BCUT2D eigenvalue weighted by Gasteiger charge is 2.27. The molecule has 194 valence electrons. The molecule has 0 aliphatic rings. The quantitative estimate of drug-likeness (QED) is 0.0945. The zero-order valence-corrected chi connectivity index (χ0v) is 21.1. The van der Waals surface area contributed by atoms with E-state index in [-0.39, 0.29) is 22.9 Å². The van der Waals surface area contributed by atoms with E-state index in [2.05, 4.69) is 20.4 Å². The molecule has 0 bridgehead atoms. The monoisotopic (exact) mass is 541 g/mol. The van der Waals surface area contributed by atoms with Crippen LogP contribution < -0.4 is 4.80 Å². The summed E-state index contributed by atoms with van der Waals surface area (Å²) < 4.78 is 37.1. The van der Waals surface area contributed by atoms with Gasteiger partial charge in [-0.05, 0) is 71.4 Å². The predicted octanol–water partition coefficient (Wildman–Crippen LogP) is 4.75. The third-order valence-electron chi connectivity index (χ3n) is 5.62. The van der Waals surface area contributed by atoms with Crippen molar-refractivity contribution in [3.05, 3.63) is 113 Å². The van der Waals surface area contributed by atoms with E-state index in [4.69, 9.17) is 0 Å². The number of aromatic nitrogens is 4. The van der Waals surface area contributed by atoms with Crippen LogP contribution in [0.1, 0.15) is 5.56 Å². The Morgan fingerprint density at radius 3 is 2.15 bits per heavy atom. The SMILES string of the molecule is Cc1ccc(/N=N/c2ccc(-[n+]3nc(-c4ccccc4)nn3-c3ccc([N+](=O)[O-])cc3)c(S(=O)(=O)[O-])c2)cc1. The van der Waals surface area contributed by atoms with Gasteiger partial charge in [-0.15, -0.1) is 0 Å². The molecular formula is C26H19N7O5S. The standard InChI is InChI=1S/C26H19N7O5S/c1-18-7-9-20(10-8-18)27-28-21-11-16-24(25(17-21)39(36,37)38)32-30-26(19-5-3-2-4-6-19)29-31(32)22-12-14-23(15-13-22)33(34)35/h2-17H,1H3/b28-27+. The van der Waals surface area contributed by atoms with Crippen molar-refractivity contribution < 1.29 is 22.7 Å². The van der Waals surface area contributed by atoms with Crippen LogP contribution in [0.3, 0.4) is 0 Å². The minimum absolute atomic E-state index is 0.0904. The number of nitro groups is 1. The van der Waals surface area contributed by atoms with Gasteiger partial charge in [-0.3, -0.25) is 10.1 Å². The van der Waals surface area contributed by atoms with Crippen LogP contribution in [0.2, 0.25) is 0 Å². The summed E-state index contributed by atoms with van der Waals surface area (Å²) in [6, 6.07) is 25.6. The van der Waals surface area contributed by atoms with Gasteiger partial charge in [-0.1, -0.05) is 35.9 Å². The van der Waals surface area contributed by atoms with Crippen molar-refractivity contribution in [2.45, 2.75) is 11.8 Å². The maximum Gasteiger partial charge on any atom is 0.340 e. The zero-order valence-electron chi connectivity index (χ0n) is 20.3. The maximum atomic E-state index is 12.4. The Kier molecular flexibility index (Phi) is 6.75. The van der Waals surface area contributed by atoms with Gasteiger partial charge in [-0.25, -0.2) is 8.42 Å². The highest BCUT2D eigenvalue weighted by molar-refractivity contribution is 7.85. The second-order valence-corrected chi connectivity index (χ2v) is 9.73. The summed E-state index contributed by atoms with van der Waals surface area (Å²) in [6.07, 6.45) is 0. The number of benzene rings is 4. The third-order valence-corrected chi connectivity index (χ3v) is 6.49. The van der Waals surface area contributed by atoms with Gasteiger partial charge in [0.1, 0.15) is 20.7 Å². The van der Waals surface area contributed by atoms with E-state index in [9.17, 15) is 23.1 Å². The lowest BCUT2D eigenvalue weighted by Crippen LogP contribution is -2.44. The van der Waals surface area contributed by atoms with E-state index in [0.29, 0.717) is 16.9 Å². The molecule has 0 atom stereocenters. The first kappa shape index (κ1) is 25.5. The molecule has 0 spiro atoms. The number of nitro benzene ring substituents is 1. The highest BCUT2D eigenvalue weighted by Crippen LogP contribution is 2.26. The summed E-state index contributed by atoms with van der Waals surface area (Å²) in [4.78, 5) is 12.4. The molecule has 0 radical (unpaired) electrons. The molecule has 0 N–H and O–H groups in total. The van der Waals surface area contributed by atoms with E-state index in [0.717, 1.165) is 16.4 Å². The van der Waals surface area contributed by atoms with Crippen molar-refractivity contribution in [1.82, 2.24) is 15.0 Å². The van der Waals surface area contributed by atoms with Crippen molar-refractivity contribution in [3.63, 3.8) is 0 Å². The van der Waals surface area contributed by atoms with Crippen molar-refractivity contribution in [1.29, 1.82) is 0 Å². The molecule has 0 aliphatic carbocycles. The number of hydrogen-bond acceptors (Lipinski definition) is 9. The Labute approximate surface area is 222 Å². The van der Waals surface area contributed by atoms with Crippen molar-refractivity contribution in [2.75, 3.05) is 0 Å². The fourth-order valence-electron chi connectivity index (χ4n) is 3.67. The lowest BCUT2D eigenvalue weighted by atomic mass is 10.2. The lowest BCUT2D eigenvalue weighted by molar-refractivity contribution is -0.736. The molecule has 4 aromatic carbocycles. The van der Waals surface area contributed by atoms with Crippen LogP contribution in [0.5, 0.6) is 0 Å². The van der Waals surface area contributed by atoms with E-state index in [1.165, 1.54) is 41.2 Å². The van der Waals surface area contributed by atoms with Crippen LogP contribution in [0.4, 0.5) is 17.1 Å². The Morgan fingerprint density at radius 1 is 0.872 bits per heavy atom. The molecule has 1 aromatic heterocycles. The number of non-ortho nitro benzene ring substituents is 1. The van der Waals surface area contributed by atoms with Gasteiger partial charge in [0.15, 0.2) is 5.69 Å². The molecule has 0 saturated heterocycles. The van der Waals surface area contributed by atoms with E-state index in [1.807, 2.05) is 25.1 Å². The molecule has 0 aliphatic heterocycles. The number of tetrazole rings is 1. The first-order chi connectivity index (χ1) is 18.7. The highest BCUT2D eigenvalue weighted by atomic mass is 32.2. The summed E-state index contributed by atoms with van der Waals surface area (Å²) in [5.41, 5.74) is 2.47. The van der Waals surface area contributed by atoms with E-state index in [1.54, 1.807) is 36.4 Å². The van der Waals surface area contributed by atoms with Crippen molar-refractivity contribution >= 4 is 27.2 Å². The number of hydrogen-bond donors (Lipinski definition) is 0. The Hall–Kier alpha value is -5.14. The fraction of sp³-hybridized carbons (Fsp3) is 0.0385. The minimum Gasteiger partial charge on any atom is -0.744 e. The second-order valence-electron chi connectivity index (χ2n) is 8.38. The summed E-state index contributed by atoms with van der Waals surface area (Å²) in [5.74, 6) is 0.228.